The molecule has 7 heteroatoms. The summed E-state index contributed by atoms with van der Waals surface area (Å²) in [5.74, 6) is 0.767. The van der Waals surface area contributed by atoms with Crippen LogP contribution >= 0.6 is 31.9 Å². The summed E-state index contributed by atoms with van der Waals surface area (Å²) >= 11 is 7.01. The van der Waals surface area contributed by atoms with Gasteiger partial charge in [0.25, 0.3) is 0 Å². The zero-order valence-corrected chi connectivity index (χ0v) is 15.1. The first-order chi connectivity index (χ1) is 10.2. The lowest BCUT2D eigenvalue weighted by molar-refractivity contribution is 0.199. The summed E-state index contributed by atoms with van der Waals surface area (Å²) in [4.78, 5) is 0. The Kier molecular flexibility index (Phi) is 6.22. The minimum Gasteiger partial charge on any atom is -0.495 e. The molecule has 21 heavy (non-hydrogen) atoms. The molecule has 0 saturated heterocycles. The molecule has 0 unspecified atom stereocenters. The van der Waals surface area contributed by atoms with Crippen molar-refractivity contribution < 1.29 is 9.47 Å². The summed E-state index contributed by atoms with van der Waals surface area (Å²) < 4.78 is 14.0. The Balaban J connectivity index is 2.14. The van der Waals surface area contributed by atoms with E-state index in [0.29, 0.717) is 13.2 Å². The molecule has 0 radical (unpaired) electrons. The second kappa shape index (κ2) is 7.93. The second-order valence-electron chi connectivity index (χ2n) is 4.36. The van der Waals surface area contributed by atoms with Gasteiger partial charge in [-0.1, -0.05) is 0 Å². The van der Waals surface area contributed by atoms with Crippen LogP contribution in [-0.4, -0.2) is 37.2 Å². The first-order valence-corrected chi connectivity index (χ1v) is 8.02. The molecule has 5 nitrogen and oxygen atoms in total. The van der Waals surface area contributed by atoms with Crippen molar-refractivity contribution in [2.75, 3.05) is 27.4 Å². The largest absolute Gasteiger partial charge is 0.495 e. The molecule has 1 N–H and O–H groups in total. The van der Waals surface area contributed by atoms with Crippen LogP contribution in [0.2, 0.25) is 0 Å². The number of nitrogens with zero attached hydrogens (tertiary/aromatic N) is 2. The van der Waals surface area contributed by atoms with E-state index in [4.69, 9.17) is 9.47 Å². The Morgan fingerprint density at radius 2 is 2.05 bits per heavy atom. The molecular formula is C14H17Br2N3O2. The molecule has 0 fully saturated rings. The predicted molar refractivity (Wildman–Crippen MR) is 89.1 cm³/mol. The number of methoxy groups -OCH3 is 2. The van der Waals surface area contributed by atoms with Crippen molar-refractivity contribution in [2.24, 2.45) is 0 Å². The number of benzene rings is 1. The van der Waals surface area contributed by atoms with Gasteiger partial charge >= 0.3 is 0 Å². The van der Waals surface area contributed by atoms with Crippen LogP contribution in [0.15, 0.2) is 33.3 Å². The molecule has 2 rings (SSSR count). The summed E-state index contributed by atoms with van der Waals surface area (Å²) in [5, 5.41) is 7.83. The number of rotatable bonds is 7. The summed E-state index contributed by atoms with van der Waals surface area (Å²) in [6.45, 7) is 2.21. The summed E-state index contributed by atoms with van der Waals surface area (Å²) in [7, 11) is 3.33. The summed E-state index contributed by atoms with van der Waals surface area (Å²) in [6.07, 6.45) is 1.93. The highest BCUT2D eigenvalue weighted by Crippen LogP contribution is 2.33. The zero-order valence-electron chi connectivity index (χ0n) is 11.9. The third kappa shape index (κ3) is 4.29. The van der Waals surface area contributed by atoms with Crippen LogP contribution in [-0.2, 0) is 11.3 Å². The Hall–Kier alpha value is -0.890. The molecular weight excluding hydrogens is 402 g/mol. The molecule has 0 atom stereocenters. The Labute approximate surface area is 140 Å². The maximum atomic E-state index is 5.33. The highest BCUT2D eigenvalue weighted by Gasteiger charge is 2.10. The van der Waals surface area contributed by atoms with E-state index in [1.54, 1.807) is 14.2 Å². The van der Waals surface area contributed by atoms with Gasteiger partial charge in [-0.3, -0.25) is 0 Å². The van der Waals surface area contributed by atoms with Gasteiger partial charge in [-0.25, -0.2) is 4.68 Å². The van der Waals surface area contributed by atoms with Crippen LogP contribution in [0.5, 0.6) is 5.75 Å². The lowest BCUT2D eigenvalue weighted by Gasteiger charge is -2.09. The summed E-state index contributed by atoms with van der Waals surface area (Å²) in [6, 6.07) is 5.87. The van der Waals surface area contributed by atoms with E-state index in [-0.39, 0.29) is 0 Å². The molecule has 1 aromatic heterocycles. The minimum absolute atomic E-state index is 0.691. The number of hydrogen-bond acceptors (Lipinski definition) is 4. The van der Waals surface area contributed by atoms with Gasteiger partial charge in [-0.15, -0.1) is 0 Å². The second-order valence-corrected chi connectivity index (χ2v) is 6.07. The monoisotopic (exact) mass is 417 g/mol. The fourth-order valence-electron chi connectivity index (χ4n) is 1.83. The molecule has 2 aromatic rings. The number of ether oxygens (including phenoxy) is 2. The van der Waals surface area contributed by atoms with Crippen LogP contribution < -0.4 is 10.1 Å². The van der Waals surface area contributed by atoms with Gasteiger partial charge in [-0.05, 0) is 44.0 Å². The normalized spacial score (nSPS) is 10.9. The topological polar surface area (TPSA) is 48.3 Å². The molecule has 0 bridgehead atoms. The van der Waals surface area contributed by atoms with E-state index < -0.39 is 0 Å². The number of hydrogen-bond donors (Lipinski definition) is 1. The van der Waals surface area contributed by atoms with Crippen LogP contribution in [0.3, 0.4) is 0 Å². The van der Waals surface area contributed by atoms with Gasteiger partial charge in [0.1, 0.15) is 5.75 Å². The van der Waals surface area contributed by atoms with Gasteiger partial charge in [0.05, 0.1) is 29.6 Å². The van der Waals surface area contributed by atoms with Crippen molar-refractivity contribution >= 4 is 31.9 Å². The van der Waals surface area contributed by atoms with Gasteiger partial charge in [-0.2, -0.15) is 5.10 Å². The van der Waals surface area contributed by atoms with Gasteiger partial charge in [0.15, 0.2) is 0 Å². The molecule has 114 valence electrons. The van der Waals surface area contributed by atoms with E-state index in [2.05, 4.69) is 42.3 Å². The molecule has 0 spiro atoms. The lowest BCUT2D eigenvalue weighted by atomic mass is 10.3. The van der Waals surface area contributed by atoms with E-state index >= 15 is 0 Å². The molecule has 0 amide bonds. The van der Waals surface area contributed by atoms with Crippen molar-refractivity contribution in [3.8, 4) is 11.4 Å². The standard InChI is InChI=1S/C14H17Br2N3O2/c1-20-6-4-17-9-10-3-5-19(18-10)13-8-14(21-2)12(16)7-11(13)15/h3,5,7-8,17H,4,6,9H2,1-2H3. The van der Waals surface area contributed by atoms with Crippen molar-refractivity contribution in [1.29, 1.82) is 0 Å². The zero-order chi connectivity index (χ0) is 15.2. The summed E-state index contributed by atoms with van der Waals surface area (Å²) in [5.41, 5.74) is 1.90. The minimum atomic E-state index is 0.691. The van der Waals surface area contributed by atoms with Crippen LogP contribution in [0.25, 0.3) is 5.69 Å². The van der Waals surface area contributed by atoms with Crippen LogP contribution in [0.1, 0.15) is 5.69 Å². The first kappa shape index (κ1) is 16.5. The van der Waals surface area contributed by atoms with Crippen molar-refractivity contribution in [3.63, 3.8) is 0 Å². The molecule has 0 saturated carbocycles. The number of nitrogens with one attached hydrogen (secondary N) is 1. The maximum absolute atomic E-state index is 5.33. The van der Waals surface area contributed by atoms with Gasteiger partial charge in [0.2, 0.25) is 0 Å². The molecule has 0 aliphatic rings. The Morgan fingerprint density at radius 1 is 1.24 bits per heavy atom. The predicted octanol–water partition coefficient (Wildman–Crippen LogP) is 3.14. The Bertz CT molecular complexity index is 602. The van der Waals surface area contributed by atoms with Gasteiger partial charge in [0, 0.05) is 36.9 Å². The average molecular weight is 419 g/mol. The lowest BCUT2D eigenvalue weighted by Crippen LogP contribution is -2.18. The Morgan fingerprint density at radius 3 is 2.76 bits per heavy atom. The molecule has 0 aliphatic carbocycles. The highest BCUT2D eigenvalue weighted by molar-refractivity contribution is 9.11. The van der Waals surface area contributed by atoms with Crippen LogP contribution in [0.4, 0.5) is 0 Å². The van der Waals surface area contributed by atoms with Crippen LogP contribution in [0, 0.1) is 0 Å². The molecule has 1 heterocycles. The van der Waals surface area contributed by atoms with Crippen molar-refractivity contribution in [3.05, 3.63) is 39.0 Å². The molecule has 1 aromatic carbocycles. The van der Waals surface area contributed by atoms with E-state index in [9.17, 15) is 0 Å². The SMILES string of the molecule is COCCNCc1ccn(-c2cc(OC)c(Br)cc2Br)n1. The average Bonchev–Trinajstić information content (AvgIpc) is 2.92. The number of aromatic nitrogens is 2. The fourth-order valence-corrected chi connectivity index (χ4v) is 3.17. The van der Waals surface area contributed by atoms with E-state index in [1.165, 1.54) is 0 Å². The molecule has 0 aliphatic heterocycles. The maximum Gasteiger partial charge on any atom is 0.135 e. The smallest absolute Gasteiger partial charge is 0.135 e. The van der Waals surface area contributed by atoms with Crippen molar-refractivity contribution in [1.82, 2.24) is 15.1 Å². The first-order valence-electron chi connectivity index (χ1n) is 6.43. The third-order valence-electron chi connectivity index (χ3n) is 2.90. The highest BCUT2D eigenvalue weighted by atomic mass is 79.9. The third-order valence-corrected chi connectivity index (χ3v) is 4.16. The van der Waals surface area contributed by atoms with E-state index in [0.717, 1.165) is 32.6 Å². The van der Waals surface area contributed by atoms with E-state index in [1.807, 2.05) is 29.1 Å². The quantitative estimate of drug-likeness (QED) is 0.701. The fraction of sp³-hybridized carbons (Fsp3) is 0.357. The van der Waals surface area contributed by atoms with Crippen molar-refractivity contribution in [2.45, 2.75) is 6.54 Å². The van der Waals surface area contributed by atoms with Gasteiger partial charge < -0.3 is 14.8 Å². The number of halogens is 2.